The molecule has 0 fully saturated rings. The molecule has 0 amide bonds. The van der Waals surface area contributed by atoms with Gasteiger partial charge in [0, 0.05) is 11.6 Å². The zero-order chi connectivity index (χ0) is 14.1. The van der Waals surface area contributed by atoms with Gasteiger partial charge in [-0.1, -0.05) is 29.3 Å². The van der Waals surface area contributed by atoms with Crippen LogP contribution in [0, 0.1) is 6.92 Å². The SMILES string of the molecule is Cc1ccc2oc(C(NN)c3ccc(Cl)nc3)cc2c1. The molecule has 3 N–H and O–H groups in total. The second-order valence-corrected chi connectivity index (χ2v) is 5.09. The van der Waals surface area contributed by atoms with E-state index in [2.05, 4.69) is 16.5 Å². The number of nitrogens with one attached hydrogen (secondary N) is 1. The fourth-order valence-electron chi connectivity index (χ4n) is 2.23. The second kappa shape index (κ2) is 5.25. The number of hydrogen-bond donors (Lipinski definition) is 2. The number of benzene rings is 1. The Kier molecular flexibility index (Phi) is 3.44. The van der Waals surface area contributed by atoms with Gasteiger partial charge in [0.15, 0.2) is 0 Å². The van der Waals surface area contributed by atoms with Crippen LogP contribution in [0.3, 0.4) is 0 Å². The zero-order valence-electron chi connectivity index (χ0n) is 10.9. The molecular formula is C15H14ClN3O. The number of rotatable bonds is 3. The number of fused-ring (bicyclic) bond motifs is 1. The van der Waals surface area contributed by atoms with E-state index in [-0.39, 0.29) is 6.04 Å². The van der Waals surface area contributed by atoms with Crippen LogP contribution in [-0.4, -0.2) is 4.98 Å². The molecule has 2 aromatic heterocycles. The summed E-state index contributed by atoms with van der Waals surface area (Å²) in [6.45, 7) is 2.05. The maximum atomic E-state index is 5.86. The lowest BCUT2D eigenvalue weighted by molar-refractivity contribution is 0.476. The molecule has 4 nitrogen and oxygen atoms in total. The minimum atomic E-state index is -0.257. The predicted octanol–water partition coefficient (Wildman–Crippen LogP) is 3.34. The Balaban J connectivity index is 2.04. The first-order chi connectivity index (χ1) is 9.67. The first-order valence-electron chi connectivity index (χ1n) is 6.25. The van der Waals surface area contributed by atoms with E-state index in [1.807, 2.05) is 31.2 Å². The highest BCUT2D eigenvalue weighted by atomic mass is 35.5. The third-order valence-corrected chi connectivity index (χ3v) is 3.45. The van der Waals surface area contributed by atoms with Crippen LogP contribution in [0.1, 0.15) is 22.9 Å². The van der Waals surface area contributed by atoms with Gasteiger partial charge >= 0.3 is 0 Å². The number of pyridine rings is 1. The lowest BCUT2D eigenvalue weighted by atomic mass is 10.1. The summed E-state index contributed by atoms with van der Waals surface area (Å²) in [4.78, 5) is 4.07. The smallest absolute Gasteiger partial charge is 0.134 e. The molecule has 1 atom stereocenters. The molecule has 0 spiro atoms. The molecule has 0 saturated carbocycles. The van der Waals surface area contributed by atoms with Crippen molar-refractivity contribution in [3.05, 3.63) is 64.6 Å². The third-order valence-electron chi connectivity index (χ3n) is 3.23. The van der Waals surface area contributed by atoms with Crippen molar-refractivity contribution in [2.24, 2.45) is 5.84 Å². The number of nitrogens with zero attached hydrogens (tertiary/aromatic N) is 1. The molecule has 0 aliphatic heterocycles. The Hall–Kier alpha value is -1.88. The monoisotopic (exact) mass is 287 g/mol. The Morgan fingerprint density at radius 2 is 2.10 bits per heavy atom. The fraction of sp³-hybridized carbons (Fsp3) is 0.133. The van der Waals surface area contributed by atoms with Gasteiger partial charge in [-0.2, -0.15) is 0 Å². The van der Waals surface area contributed by atoms with Crippen molar-refractivity contribution >= 4 is 22.6 Å². The highest BCUT2D eigenvalue weighted by Gasteiger charge is 2.17. The Morgan fingerprint density at radius 1 is 1.25 bits per heavy atom. The summed E-state index contributed by atoms with van der Waals surface area (Å²) in [7, 11) is 0. The summed E-state index contributed by atoms with van der Waals surface area (Å²) in [6, 6.07) is 11.4. The van der Waals surface area contributed by atoms with Crippen molar-refractivity contribution in [3.63, 3.8) is 0 Å². The maximum Gasteiger partial charge on any atom is 0.134 e. The van der Waals surface area contributed by atoms with Gasteiger partial charge in [0.2, 0.25) is 0 Å². The standard InChI is InChI=1S/C15H14ClN3O/c1-9-2-4-12-11(6-9)7-13(20-12)15(19-17)10-3-5-14(16)18-8-10/h2-8,15,19H,17H2,1H3. The molecule has 1 unspecified atom stereocenters. The van der Waals surface area contributed by atoms with E-state index in [1.165, 1.54) is 5.56 Å². The number of hydrogen-bond acceptors (Lipinski definition) is 4. The van der Waals surface area contributed by atoms with E-state index in [0.717, 1.165) is 22.3 Å². The van der Waals surface area contributed by atoms with Gasteiger partial charge in [-0.15, -0.1) is 0 Å². The zero-order valence-corrected chi connectivity index (χ0v) is 11.7. The number of aryl methyl sites for hydroxylation is 1. The van der Waals surface area contributed by atoms with E-state index in [1.54, 1.807) is 12.3 Å². The average Bonchev–Trinajstić information content (AvgIpc) is 2.84. The van der Waals surface area contributed by atoms with Crippen LogP contribution in [0.15, 0.2) is 47.0 Å². The molecule has 3 rings (SSSR count). The van der Waals surface area contributed by atoms with Gasteiger partial charge in [0.05, 0.1) is 0 Å². The van der Waals surface area contributed by atoms with Crippen molar-refractivity contribution in [2.75, 3.05) is 0 Å². The molecule has 0 bridgehead atoms. The van der Waals surface area contributed by atoms with Gasteiger partial charge < -0.3 is 4.42 Å². The Morgan fingerprint density at radius 3 is 2.80 bits per heavy atom. The molecule has 1 aromatic carbocycles. The highest BCUT2D eigenvalue weighted by Crippen LogP contribution is 2.28. The number of aromatic nitrogens is 1. The minimum Gasteiger partial charge on any atom is -0.459 e. The fourth-order valence-corrected chi connectivity index (χ4v) is 2.34. The van der Waals surface area contributed by atoms with Gasteiger partial charge in [0.1, 0.15) is 22.5 Å². The molecule has 102 valence electrons. The van der Waals surface area contributed by atoms with Crippen molar-refractivity contribution < 1.29 is 4.42 Å². The molecule has 3 aromatic rings. The number of hydrazine groups is 1. The van der Waals surface area contributed by atoms with E-state index in [4.69, 9.17) is 21.9 Å². The van der Waals surface area contributed by atoms with E-state index >= 15 is 0 Å². The van der Waals surface area contributed by atoms with Crippen LogP contribution in [0.5, 0.6) is 0 Å². The number of furan rings is 1. The molecule has 0 saturated heterocycles. The largest absolute Gasteiger partial charge is 0.459 e. The summed E-state index contributed by atoms with van der Waals surface area (Å²) < 4.78 is 5.86. The number of nitrogens with two attached hydrogens (primary N) is 1. The molecule has 0 aliphatic carbocycles. The van der Waals surface area contributed by atoms with Crippen molar-refractivity contribution in [3.8, 4) is 0 Å². The topological polar surface area (TPSA) is 64.1 Å². The van der Waals surface area contributed by atoms with Crippen molar-refractivity contribution in [2.45, 2.75) is 13.0 Å². The summed E-state index contributed by atoms with van der Waals surface area (Å²) >= 11 is 5.80. The summed E-state index contributed by atoms with van der Waals surface area (Å²) in [5.41, 5.74) is 5.68. The van der Waals surface area contributed by atoms with Crippen LogP contribution >= 0.6 is 11.6 Å². The van der Waals surface area contributed by atoms with Crippen molar-refractivity contribution in [1.82, 2.24) is 10.4 Å². The first-order valence-corrected chi connectivity index (χ1v) is 6.63. The van der Waals surface area contributed by atoms with Gasteiger partial charge in [-0.05, 0) is 36.8 Å². The van der Waals surface area contributed by atoms with Crippen LogP contribution in [0.2, 0.25) is 5.15 Å². The predicted molar refractivity (Wildman–Crippen MR) is 79.4 cm³/mol. The third kappa shape index (κ3) is 2.41. The lowest BCUT2D eigenvalue weighted by Crippen LogP contribution is -2.28. The molecule has 0 radical (unpaired) electrons. The van der Waals surface area contributed by atoms with Crippen LogP contribution in [0.25, 0.3) is 11.0 Å². The Labute approximate surface area is 121 Å². The minimum absolute atomic E-state index is 0.257. The number of halogens is 1. The quantitative estimate of drug-likeness (QED) is 0.440. The molecule has 2 heterocycles. The maximum absolute atomic E-state index is 5.86. The summed E-state index contributed by atoms with van der Waals surface area (Å²) in [6.07, 6.45) is 1.69. The highest BCUT2D eigenvalue weighted by molar-refractivity contribution is 6.29. The molecular weight excluding hydrogens is 274 g/mol. The lowest BCUT2D eigenvalue weighted by Gasteiger charge is -2.12. The van der Waals surface area contributed by atoms with Crippen LogP contribution < -0.4 is 11.3 Å². The molecule has 0 aliphatic rings. The van der Waals surface area contributed by atoms with Gasteiger partial charge in [-0.25, -0.2) is 10.4 Å². The summed E-state index contributed by atoms with van der Waals surface area (Å²) in [5.74, 6) is 6.40. The average molecular weight is 288 g/mol. The van der Waals surface area contributed by atoms with Gasteiger partial charge in [0.25, 0.3) is 0 Å². The summed E-state index contributed by atoms with van der Waals surface area (Å²) in [5, 5.41) is 1.51. The molecule has 5 heteroatoms. The van der Waals surface area contributed by atoms with Crippen LogP contribution in [-0.2, 0) is 0 Å². The van der Waals surface area contributed by atoms with E-state index in [0.29, 0.717) is 5.15 Å². The van der Waals surface area contributed by atoms with Crippen LogP contribution in [0.4, 0.5) is 0 Å². The molecule has 20 heavy (non-hydrogen) atoms. The normalized spacial score (nSPS) is 12.8. The van der Waals surface area contributed by atoms with Gasteiger partial charge in [-0.3, -0.25) is 5.84 Å². The second-order valence-electron chi connectivity index (χ2n) is 4.70. The van der Waals surface area contributed by atoms with Crippen molar-refractivity contribution in [1.29, 1.82) is 0 Å². The van der Waals surface area contributed by atoms with E-state index in [9.17, 15) is 0 Å². The Bertz CT molecular complexity index is 736. The van der Waals surface area contributed by atoms with E-state index < -0.39 is 0 Å². The first kappa shape index (κ1) is 13.1.